The van der Waals surface area contributed by atoms with Gasteiger partial charge in [-0.1, -0.05) is 37.5 Å². The molecule has 7 heteroatoms. The third kappa shape index (κ3) is 3.47. The molecule has 1 aliphatic heterocycles. The van der Waals surface area contributed by atoms with Crippen LogP contribution in [0.15, 0.2) is 60.3 Å². The highest BCUT2D eigenvalue weighted by atomic mass is 16.6. The number of imide groups is 1. The molecule has 0 bridgehead atoms. The zero-order chi connectivity index (χ0) is 21.3. The average molecular weight is 405 g/mol. The fourth-order valence-electron chi connectivity index (χ4n) is 4.31. The van der Waals surface area contributed by atoms with Crippen LogP contribution in [0.3, 0.4) is 0 Å². The summed E-state index contributed by atoms with van der Waals surface area (Å²) in [6.45, 7) is 0. The van der Waals surface area contributed by atoms with E-state index >= 15 is 0 Å². The van der Waals surface area contributed by atoms with Gasteiger partial charge < -0.3 is 4.90 Å². The quantitative estimate of drug-likeness (QED) is 0.424. The summed E-state index contributed by atoms with van der Waals surface area (Å²) >= 11 is 0. The molecule has 1 heterocycles. The van der Waals surface area contributed by atoms with Crippen molar-refractivity contribution in [1.82, 2.24) is 4.90 Å². The van der Waals surface area contributed by atoms with E-state index in [1.807, 2.05) is 30.3 Å². The van der Waals surface area contributed by atoms with Crippen molar-refractivity contribution in [1.29, 1.82) is 0 Å². The van der Waals surface area contributed by atoms with Crippen LogP contribution in [0.25, 0.3) is 5.57 Å². The van der Waals surface area contributed by atoms with Gasteiger partial charge in [0.25, 0.3) is 17.5 Å². The minimum absolute atomic E-state index is 0.0572. The monoisotopic (exact) mass is 405 g/mol. The number of nitro benzene ring substituents is 1. The van der Waals surface area contributed by atoms with E-state index in [-0.39, 0.29) is 23.5 Å². The summed E-state index contributed by atoms with van der Waals surface area (Å²) in [4.78, 5) is 40.6. The maximum atomic E-state index is 13.5. The van der Waals surface area contributed by atoms with Gasteiger partial charge in [0.05, 0.1) is 10.5 Å². The highest BCUT2D eigenvalue weighted by Gasteiger charge is 2.44. The molecule has 2 aliphatic rings. The first-order valence-corrected chi connectivity index (χ1v) is 10.1. The van der Waals surface area contributed by atoms with Crippen molar-refractivity contribution in [3.8, 4) is 0 Å². The molecule has 0 N–H and O–H groups in total. The SMILES string of the molecule is CN(C1=C(c2ccc([N+](=O)[O-])cc2)C(=O)N(C2CCCCC2)C1=O)c1ccccc1. The van der Waals surface area contributed by atoms with Gasteiger partial charge in [-0.25, -0.2) is 0 Å². The molecule has 154 valence electrons. The molecule has 30 heavy (non-hydrogen) atoms. The van der Waals surface area contributed by atoms with Gasteiger partial charge in [0, 0.05) is 30.9 Å². The van der Waals surface area contributed by atoms with Gasteiger partial charge in [-0.05, 0) is 42.7 Å². The van der Waals surface area contributed by atoms with Crippen molar-refractivity contribution in [3.05, 3.63) is 76.0 Å². The second-order valence-corrected chi connectivity index (χ2v) is 7.69. The molecular formula is C23H23N3O4. The van der Waals surface area contributed by atoms with Gasteiger partial charge in [0.1, 0.15) is 5.70 Å². The normalized spacial score (nSPS) is 17.6. The van der Waals surface area contributed by atoms with E-state index in [4.69, 9.17) is 0 Å². The highest BCUT2D eigenvalue weighted by molar-refractivity contribution is 6.36. The summed E-state index contributed by atoms with van der Waals surface area (Å²) in [6, 6.07) is 15.1. The molecule has 0 spiro atoms. The lowest BCUT2D eigenvalue weighted by Crippen LogP contribution is -2.43. The molecule has 0 atom stereocenters. The number of hydrogen-bond acceptors (Lipinski definition) is 5. The Kier molecular flexibility index (Phi) is 5.35. The molecule has 2 aromatic rings. The summed E-state index contributed by atoms with van der Waals surface area (Å²) in [5.74, 6) is -0.620. The van der Waals surface area contributed by atoms with Crippen LogP contribution >= 0.6 is 0 Å². The van der Waals surface area contributed by atoms with Gasteiger partial charge in [0.15, 0.2) is 0 Å². The van der Waals surface area contributed by atoms with E-state index in [0.717, 1.165) is 37.8 Å². The summed E-state index contributed by atoms with van der Waals surface area (Å²) in [6.07, 6.45) is 4.74. The molecule has 0 radical (unpaired) electrons. The van der Waals surface area contributed by atoms with Crippen molar-refractivity contribution in [3.63, 3.8) is 0 Å². The number of rotatable bonds is 5. The fraction of sp³-hybridized carbons (Fsp3) is 0.304. The van der Waals surface area contributed by atoms with E-state index in [1.54, 1.807) is 24.1 Å². The molecule has 2 aromatic carbocycles. The molecule has 1 aliphatic carbocycles. The first-order valence-electron chi connectivity index (χ1n) is 10.1. The van der Waals surface area contributed by atoms with Crippen LogP contribution in [0, 0.1) is 10.1 Å². The molecule has 2 amide bonds. The number of para-hydroxylation sites is 1. The zero-order valence-electron chi connectivity index (χ0n) is 16.8. The summed E-state index contributed by atoms with van der Waals surface area (Å²) < 4.78 is 0. The van der Waals surface area contributed by atoms with Crippen molar-refractivity contribution in [2.75, 3.05) is 11.9 Å². The second kappa shape index (κ2) is 8.10. The van der Waals surface area contributed by atoms with Crippen molar-refractivity contribution in [2.24, 2.45) is 0 Å². The minimum atomic E-state index is -0.481. The Labute approximate surface area is 174 Å². The number of nitrogens with zero attached hydrogens (tertiary/aromatic N) is 3. The van der Waals surface area contributed by atoms with Gasteiger partial charge >= 0.3 is 0 Å². The van der Waals surface area contributed by atoms with Crippen molar-refractivity contribution < 1.29 is 14.5 Å². The van der Waals surface area contributed by atoms with E-state index in [9.17, 15) is 19.7 Å². The summed E-state index contributed by atoms with van der Waals surface area (Å²) in [5, 5.41) is 11.0. The largest absolute Gasteiger partial charge is 0.339 e. The van der Waals surface area contributed by atoms with Crippen LogP contribution in [0.4, 0.5) is 11.4 Å². The van der Waals surface area contributed by atoms with Crippen LogP contribution in [-0.4, -0.2) is 34.7 Å². The molecule has 1 saturated carbocycles. The number of non-ortho nitro benzene ring substituents is 1. The van der Waals surface area contributed by atoms with E-state index in [2.05, 4.69) is 0 Å². The highest BCUT2D eigenvalue weighted by Crippen LogP contribution is 2.37. The van der Waals surface area contributed by atoms with Crippen LogP contribution in [-0.2, 0) is 9.59 Å². The van der Waals surface area contributed by atoms with E-state index in [1.165, 1.54) is 17.0 Å². The van der Waals surface area contributed by atoms with Crippen LogP contribution in [0.2, 0.25) is 0 Å². The molecule has 0 unspecified atom stereocenters. The van der Waals surface area contributed by atoms with Crippen LogP contribution < -0.4 is 4.90 Å². The first kappa shape index (κ1) is 19.8. The van der Waals surface area contributed by atoms with Crippen molar-refractivity contribution in [2.45, 2.75) is 38.1 Å². The number of likely N-dealkylation sites (N-methyl/N-ethyl adjacent to an activating group) is 1. The van der Waals surface area contributed by atoms with Gasteiger partial charge in [0.2, 0.25) is 0 Å². The number of carbonyl (C=O) groups excluding carboxylic acids is 2. The average Bonchev–Trinajstić information content (AvgIpc) is 3.04. The Morgan fingerprint density at radius 3 is 2.17 bits per heavy atom. The smallest absolute Gasteiger partial charge is 0.278 e. The Morgan fingerprint density at radius 1 is 0.933 bits per heavy atom. The Morgan fingerprint density at radius 2 is 1.57 bits per heavy atom. The lowest BCUT2D eigenvalue weighted by atomic mass is 9.94. The Hall–Kier alpha value is -3.48. The number of nitro groups is 1. The summed E-state index contributed by atoms with van der Waals surface area (Å²) in [5.41, 5.74) is 1.85. The number of anilines is 1. The van der Waals surface area contributed by atoms with Crippen molar-refractivity contribution >= 4 is 28.8 Å². The molecule has 0 saturated heterocycles. The Balaban J connectivity index is 1.80. The lowest BCUT2D eigenvalue weighted by Gasteiger charge is -2.30. The minimum Gasteiger partial charge on any atom is -0.339 e. The predicted octanol–water partition coefficient (Wildman–Crippen LogP) is 4.14. The molecule has 4 rings (SSSR count). The van der Waals surface area contributed by atoms with E-state index < -0.39 is 4.92 Å². The van der Waals surface area contributed by atoms with E-state index in [0.29, 0.717) is 16.8 Å². The molecule has 0 aromatic heterocycles. The van der Waals surface area contributed by atoms with Gasteiger partial charge in [-0.3, -0.25) is 24.6 Å². The fourth-order valence-corrected chi connectivity index (χ4v) is 4.31. The third-order valence-electron chi connectivity index (χ3n) is 5.88. The maximum Gasteiger partial charge on any atom is 0.278 e. The number of benzene rings is 2. The van der Waals surface area contributed by atoms with Crippen LogP contribution in [0.1, 0.15) is 37.7 Å². The second-order valence-electron chi connectivity index (χ2n) is 7.69. The van der Waals surface area contributed by atoms with Gasteiger partial charge in [-0.15, -0.1) is 0 Å². The lowest BCUT2D eigenvalue weighted by molar-refractivity contribution is -0.384. The van der Waals surface area contributed by atoms with Crippen LogP contribution in [0.5, 0.6) is 0 Å². The maximum absolute atomic E-state index is 13.5. The molecular weight excluding hydrogens is 382 g/mol. The number of hydrogen-bond donors (Lipinski definition) is 0. The standard InChI is InChI=1S/C23H23N3O4/c1-24(17-8-4-2-5-9-17)21-20(16-12-14-19(15-13-16)26(29)30)22(27)25(23(21)28)18-10-6-3-7-11-18/h2,4-5,8-9,12-15,18H,3,6-7,10-11H2,1H3. The number of amides is 2. The third-order valence-corrected chi connectivity index (χ3v) is 5.88. The Bertz CT molecular complexity index is 1010. The zero-order valence-corrected chi connectivity index (χ0v) is 16.8. The molecule has 1 fully saturated rings. The predicted molar refractivity (Wildman–Crippen MR) is 114 cm³/mol. The number of carbonyl (C=O) groups is 2. The topological polar surface area (TPSA) is 83.8 Å². The first-order chi connectivity index (χ1) is 14.5. The summed E-state index contributed by atoms with van der Waals surface area (Å²) in [7, 11) is 1.77. The van der Waals surface area contributed by atoms with Gasteiger partial charge in [-0.2, -0.15) is 0 Å². The molecule has 7 nitrogen and oxygen atoms in total.